The Hall–Kier alpha value is -6.84. The Bertz CT molecular complexity index is 3050. The molecular formula is C56H70F3N9O12S. The number of hydrogen-bond donors (Lipinski definition) is 5. The summed E-state index contributed by atoms with van der Waals surface area (Å²) in [4.78, 5) is 72.1. The predicted molar refractivity (Wildman–Crippen MR) is 294 cm³/mol. The van der Waals surface area contributed by atoms with Crippen molar-refractivity contribution in [3.63, 3.8) is 0 Å². The summed E-state index contributed by atoms with van der Waals surface area (Å²) in [7, 11) is 1.74. The van der Waals surface area contributed by atoms with E-state index in [0.717, 1.165) is 44.6 Å². The number of rotatable bonds is 30. The van der Waals surface area contributed by atoms with Crippen LogP contribution in [0.5, 0.6) is 0 Å². The summed E-state index contributed by atoms with van der Waals surface area (Å²) >= 11 is 1.56. The number of thiazole rings is 1. The van der Waals surface area contributed by atoms with Crippen molar-refractivity contribution in [3.8, 4) is 16.1 Å². The van der Waals surface area contributed by atoms with E-state index in [1.165, 1.54) is 17.0 Å². The van der Waals surface area contributed by atoms with Gasteiger partial charge in [0, 0.05) is 67.9 Å². The highest BCUT2D eigenvalue weighted by molar-refractivity contribution is 7.13. The van der Waals surface area contributed by atoms with E-state index in [2.05, 4.69) is 31.3 Å². The van der Waals surface area contributed by atoms with Gasteiger partial charge in [-0.25, -0.2) is 4.98 Å². The molecule has 0 aliphatic carbocycles. The van der Waals surface area contributed by atoms with Gasteiger partial charge >= 0.3 is 6.18 Å². The number of nitrogens with zero attached hydrogens (tertiary/aromatic N) is 5. The van der Waals surface area contributed by atoms with Crippen LogP contribution in [0.4, 0.5) is 13.2 Å². The molecule has 3 aromatic carbocycles. The molecule has 25 heteroatoms. The first-order chi connectivity index (χ1) is 38.8. The second-order valence-electron chi connectivity index (χ2n) is 20.3. The normalized spacial score (nSPS) is 15.1. The Morgan fingerprint density at radius 2 is 1.36 bits per heavy atom. The SMILES string of the molecule is Cc1ncsc1-c1ccc(CNC(=O)[C@@H]2C[C@@H](O)CN2C(=O)[C@@H](NC(=O)COCCOCCOCCOCC(=O)NCCOCCOCCNC(=O)c2ccc3c(c2)c2cn(C)nc2n3-c2ccc(C(F)(F)F)cc2)C(C)(C)C)cc1. The highest BCUT2D eigenvalue weighted by Gasteiger charge is 2.44. The molecule has 5 N–H and O–H groups in total. The number of alkyl halides is 3. The minimum Gasteiger partial charge on any atom is -0.391 e. The monoisotopic (exact) mass is 1150 g/mol. The van der Waals surface area contributed by atoms with Crippen LogP contribution in [0.25, 0.3) is 38.1 Å². The van der Waals surface area contributed by atoms with Crippen LogP contribution in [0.15, 0.2) is 78.4 Å². The molecule has 3 aromatic heterocycles. The maximum Gasteiger partial charge on any atom is 0.416 e. The van der Waals surface area contributed by atoms with E-state index in [1.54, 1.807) is 78.3 Å². The van der Waals surface area contributed by atoms with Gasteiger partial charge in [0.2, 0.25) is 23.6 Å². The van der Waals surface area contributed by atoms with Crippen LogP contribution < -0.4 is 21.3 Å². The van der Waals surface area contributed by atoms with Crippen molar-refractivity contribution in [2.75, 3.05) is 98.9 Å². The molecule has 81 heavy (non-hydrogen) atoms. The molecule has 4 heterocycles. The molecule has 5 amide bonds. The zero-order valence-electron chi connectivity index (χ0n) is 46.0. The van der Waals surface area contributed by atoms with Gasteiger partial charge in [-0.2, -0.15) is 18.3 Å². The third kappa shape index (κ3) is 17.6. The average molecular weight is 1150 g/mol. The van der Waals surface area contributed by atoms with Crippen molar-refractivity contribution < 1.29 is 70.7 Å². The number of carbonyl (C=O) groups is 5. The lowest BCUT2D eigenvalue weighted by Crippen LogP contribution is -2.58. The Kier molecular flexibility index (Phi) is 22.3. The number of fused-ring (bicyclic) bond motifs is 3. The third-order valence-corrected chi connectivity index (χ3v) is 14.0. The van der Waals surface area contributed by atoms with Crippen molar-refractivity contribution in [2.45, 2.75) is 65.0 Å². The molecule has 0 spiro atoms. The maximum atomic E-state index is 13.9. The number of aliphatic hydroxyl groups excluding tert-OH is 1. The second-order valence-corrected chi connectivity index (χ2v) is 21.1. The molecule has 1 fully saturated rings. The number of likely N-dealkylation sites (tertiary alicyclic amines) is 1. The number of benzene rings is 3. The molecule has 0 bridgehead atoms. The van der Waals surface area contributed by atoms with Crippen LogP contribution in [0.1, 0.15) is 54.4 Å². The van der Waals surface area contributed by atoms with Crippen LogP contribution in [0.2, 0.25) is 0 Å². The molecule has 6 aromatic rings. The Labute approximate surface area is 470 Å². The predicted octanol–water partition coefficient (Wildman–Crippen LogP) is 4.72. The summed E-state index contributed by atoms with van der Waals surface area (Å²) in [6.07, 6.45) is -3.49. The van der Waals surface area contributed by atoms with Gasteiger partial charge in [0.1, 0.15) is 25.3 Å². The summed E-state index contributed by atoms with van der Waals surface area (Å²) in [6, 6.07) is 15.9. The van der Waals surface area contributed by atoms with Crippen LogP contribution in [0.3, 0.4) is 0 Å². The highest BCUT2D eigenvalue weighted by Crippen LogP contribution is 2.35. The smallest absolute Gasteiger partial charge is 0.391 e. The average Bonchev–Trinajstić information content (AvgIpc) is 4.42. The maximum absolute atomic E-state index is 13.9. The molecule has 0 saturated carbocycles. The number of halogens is 3. The molecule has 21 nitrogen and oxygen atoms in total. The number of nitrogens with one attached hydrogen (secondary N) is 4. The van der Waals surface area contributed by atoms with Crippen molar-refractivity contribution >= 4 is 62.8 Å². The van der Waals surface area contributed by atoms with Crippen molar-refractivity contribution in [2.24, 2.45) is 12.5 Å². The molecular weight excluding hydrogens is 1080 g/mol. The molecule has 3 atom stereocenters. The Morgan fingerprint density at radius 3 is 1.96 bits per heavy atom. The van der Waals surface area contributed by atoms with Crippen molar-refractivity contribution in [1.29, 1.82) is 0 Å². The van der Waals surface area contributed by atoms with Crippen molar-refractivity contribution in [3.05, 3.63) is 101 Å². The molecule has 1 saturated heterocycles. The Balaban J connectivity index is 0.667. The second kappa shape index (κ2) is 29.2. The lowest BCUT2D eigenvalue weighted by Gasteiger charge is -2.35. The lowest BCUT2D eigenvalue weighted by molar-refractivity contribution is -0.144. The number of aliphatic hydroxyl groups is 1. The van der Waals surface area contributed by atoms with Gasteiger partial charge in [-0.3, -0.25) is 33.2 Å². The molecule has 7 rings (SSSR count). The van der Waals surface area contributed by atoms with Gasteiger partial charge in [0.25, 0.3) is 5.91 Å². The van der Waals surface area contributed by atoms with Gasteiger partial charge in [0.15, 0.2) is 5.65 Å². The lowest BCUT2D eigenvalue weighted by atomic mass is 9.85. The number of carbonyl (C=O) groups excluding carboxylic acids is 5. The quantitative estimate of drug-likeness (QED) is 0.0383. The van der Waals surface area contributed by atoms with Gasteiger partial charge in [-0.1, -0.05) is 45.0 Å². The molecule has 1 aliphatic rings. The summed E-state index contributed by atoms with van der Waals surface area (Å²) in [5, 5.41) is 27.7. The van der Waals surface area contributed by atoms with Gasteiger partial charge < -0.3 is 59.7 Å². The van der Waals surface area contributed by atoms with Gasteiger partial charge in [-0.05, 0) is 65.9 Å². The van der Waals surface area contributed by atoms with Gasteiger partial charge in [-0.15, -0.1) is 11.3 Å². The zero-order valence-corrected chi connectivity index (χ0v) is 46.8. The fourth-order valence-electron chi connectivity index (χ4n) is 8.94. The van der Waals surface area contributed by atoms with E-state index in [9.17, 15) is 42.3 Å². The molecule has 0 radical (unpaired) electrons. The minimum atomic E-state index is -4.46. The minimum absolute atomic E-state index is 0.0418. The number of ether oxygens (including phenoxy) is 6. The van der Waals surface area contributed by atoms with Crippen LogP contribution in [-0.2, 0) is 67.4 Å². The first-order valence-electron chi connectivity index (χ1n) is 26.5. The molecule has 438 valence electrons. The third-order valence-electron chi connectivity index (χ3n) is 13.0. The van der Waals surface area contributed by atoms with Gasteiger partial charge in [0.05, 0.1) is 99.3 Å². The van der Waals surface area contributed by atoms with Crippen LogP contribution >= 0.6 is 11.3 Å². The fraction of sp³-hybridized carbons (Fsp3) is 0.482. The zero-order chi connectivity index (χ0) is 58.1. The number of hydrogen-bond acceptors (Lipinski definition) is 15. The van der Waals surface area contributed by atoms with E-state index in [0.29, 0.717) is 22.4 Å². The fourth-order valence-corrected chi connectivity index (χ4v) is 9.75. The number of amides is 5. The number of aryl methyl sites for hydroxylation is 2. The van der Waals surface area contributed by atoms with Crippen molar-refractivity contribution in [1.82, 2.24) is 45.5 Å². The van der Waals surface area contributed by atoms with Crippen LogP contribution in [0, 0.1) is 12.3 Å². The highest BCUT2D eigenvalue weighted by atomic mass is 32.1. The summed E-state index contributed by atoms with van der Waals surface area (Å²) in [6.45, 7) is 9.80. The number of β-amino-alcohol motifs (C(OH)–C–C–N with tert-alkyl or cyclic N) is 1. The Morgan fingerprint density at radius 1 is 0.753 bits per heavy atom. The molecule has 0 unspecified atom stereocenters. The topological polar surface area (TPSA) is 248 Å². The van der Waals surface area contributed by atoms with Crippen LogP contribution in [-0.4, -0.2) is 176 Å². The standard InChI is InChI=1S/C56H70F3N9O12S/c1-36-49(81-35-63-36)38-8-6-37(7-9-38)30-62-53(73)46-29-42(69)31-67(46)54(74)50(55(2,3)4)64-48(71)34-80-27-25-78-23-22-77-24-26-79-33-47(70)60-16-18-75-20-21-76-19-17-61-52(72)39-10-15-45-43(28-39)44-32-66(5)65-51(44)68(45)41-13-11-40(12-14-41)56(57,58)59/h6-15,28,32,35,42,46,50,69H,16-27,29-31,33-34H2,1-5H3,(H,60,70)(H,61,72)(H,62,73)(H,64,71)/t42-,46+,50-/m1/s1. The van der Waals surface area contributed by atoms with E-state index < -0.39 is 53.1 Å². The summed E-state index contributed by atoms with van der Waals surface area (Å²) < 4.78 is 75.9. The summed E-state index contributed by atoms with van der Waals surface area (Å²) in [5.41, 5.74) is 5.31. The largest absolute Gasteiger partial charge is 0.416 e. The van der Waals surface area contributed by atoms with E-state index in [1.807, 2.05) is 31.2 Å². The van der Waals surface area contributed by atoms with E-state index in [-0.39, 0.29) is 124 Å². The summed E-state index contributed by atoms with van der Waals surface area (Å²) in [5.74, 6) is -2.03. The van der Waals surface area contributed by atoms with E-state index in [4.69, 9.17) is 28.4 Å². The number of aromatic nitrogens is 4. The van der Waals surface area contributed by atoms with E-state index >= 15 is 0 Å². The first kappa shape index (κ1) is 61.8. The molecule has 1 aliphatic heterocycles. The first-order valence-corrected chi connectivity index (χ1v) is 27.4.